The van der Waals surface area contributed by atoms with Gasteiger partial charge in [-0.2, -0.15) is 0 Å². The van der Waals surface area contributed by atoms with Gasteiger partial charge in [0.2, 0.25) is 0 Å². The van der Waals surface area contributed by atoms with Gasteiger partial charge < -0.3 is 11.1 Å². The standard InChI is InChI=1S/C17H20N2OS/c1-11-6-7-14-13(10-11)15(18)16(21-14)17(20)19-9-8-12-4-2-3-5-12/h4,6-7,10H,2-3,5,8-9,18H2,1H3,(H,19,20). The number of rotatable bonds is 4. The Hall–Kier alpha value is -1.81. The lowest BCUT2D eigenvalue weighted by Crippen LogP contribution is -2.24. The van der Waals surface area contributed by atoms with Crippen molar-refractivity contribution < 1.29 is 4.79 Å². The first-order chi connectivity index (χ1) is 10.1. The Balaban J connectivity index is 1.70. The minimum absolute atomic E-state index is 0.0510. The number of nitrogen functional groups attached to an aromatic ring is 1. The van der Waals surface area contributed by atoms with E-state index in [0.717, 1.165) is 22.1 Å². The number of anilines is 1. The first kappa shape index (κ1) is 14.1. The van der Waals surface area contributed by atoms with Crippen molar-refractivity contribution in [1.29, 1.82) is 0 Å². The molecule has 0 aliphatic heterocycles. The summed E-state index contributed by atoms with van der Waals surface area (Å²) < 4.78 is 1.07. The van der Waals surface area contributed by atoms with Crippen LogP contribution in [0.25, 0.3) is 10.1 Å². The van der Waals surface area contributed by atoms with Gasteiger partial charge in [-0.3, -0.25) is 4.79 Å². The van der Waals surface area contributed by atoms with Crippen molar-refractivity contribution in [2.75, 3.05) is 12.3 Å². The molecule has 4 heteroatoms. The summed E-state index contributed by atoms with van der Waals surface area (Å²) in [6.07, 6.45) is 6.87. The lowest BCUT2D eigenvalue weighted by atomic mass is 10.1. The number of allylic oxidation sites excluding steroid dienone is 1. The molecule has 1 amide bonds. The average Bonchev–Trinajstić information content (AvgIpc) is 3.08. The van der Waals surface area contributed by atoms with Crippen molar-refractivity contribution in [1.82, 2.24) is 5.32 Å². The number of thiophene rings is 1. The van der Waals surface area contributed by atoms with Gasteiger partial charge in [0, 0.05) is 16.6 Å². The van der Waals surface area contributed by atoms with Crippen LogP contribution in [0.4, 0.5) is 5.69 Å². The molecule has 0 atom stereocenters. The summed E-state index contributed by atoms with van der Waals surface area (Å²) in [6.45, 7) is 2.73. The molecule has 0 saturated heterocycles. The first-order valence-electron chi connectivity index (χ1n) is 7.40. The summed E-state index contributed by atoms with van der Waals surface area (Å²) in [5, 5.41) is 3.98. The van der Waals surface area contributed by atoms with Gasteiger partial charge in [-0.15, -0.1) is 11.3 Å². The third kappa shape index (κ3) is 2.95. The molecule has 21 heavy (non-hydrogen) atoms. The normalized spacial score (nSPS) is 14.4. The lowest BCUT2D eigenvalue weighted by molar-refractivity contribution is 0.0959. The Morgan fingerprint density at radius 2 is 2.29 bits per heavy atom. The van der Waals surface area contributed by atoms with Gasteiger partial charge in [0.15, 0.2) is 0 Å². The van der Waals surface area contributed by atoms with Gasteiger partial charge in [0.05, 0.1) is 5.69 Å². The maximum Gasteiger partial charge on any atom is 0.263 e. The highest BCUT2D eigenvalue weighted by atomic mass is 32.1. The Kier molecular flexibility index (Phi) is 3.97. The summed E-state index contributed by atoms with van der Waals surface area (Å²) in [7, 11) is 0. The zero-order valence-corrected chi connectivity index (χ0v) is 13.1. The van der Waals surface area contributed by atoms with Crippen LogP contribution in [0.3, 0.4) is 0 Å². The molecule has 0 radical (unpaired) electrons. The zero-order valence-electron chi connectivity index (χ0n) is 12.2. The molecule has 0 bridgehead atoms. The van der Waals surface area contributed by atoms with E-state index in [0.29, 0.717) is 17.1 Å². The molecule has 3 nitrogen and oxygen atoms in total. The summed E-state index contributed by atoms with van der Waals surface area (Å²) in [5.74, 6) is -0.0510. The molecule has 0 unspecified atom stereocenters. The van der Waals surface area contributed by atoms with E-state index in [4.69, 9.17) is 5.73 Å². The number of amides is 1. The molecular weight excluding hydrogens is 280 g/mol. The van der Waals surface area contributed by atoms with E-state index in [1.54, 1.807) is 0 Å². The molecule has 3 N–H and O–H groups in total. The van der Waals surface area contributed by atoms with Gasteiger partial charge in [-0.25, -0.2) is 0 Å². The third-order valence-electron chi connectivity index (χ3n) is 3.95. The van der Waals surface area contributed by atoms with Gasteiger partial charge in [-0.05, 0) is 44.7 Å². The van der Waals surface area contributed by atoms with E-state index in [2.05, 4.69) is 11.4 Å². The number of hydrogen-bond donors (Lipinski definition) is 2. The van der Waals surface area contributed by atoms with E-state index in [9.17, 15) is 4.79 Å². The van der Waals surface area contributed by atoms with Crippen molar-refractivity contribution in [3.05, 3.63) is 40.3 Å². The van der Waals surface area contributed by atoms with Crippen LogP contribution in [-0.4, -0.2) is 12.5 Å². The number of carbonyl (C=O) groups excluding carboxylic acids is 1. The molecule has 1 heterocycles. The largest absolute Gasteiger partial charge is 0.397 e. The lowest BCUT2D eigenvalue weighted by Gasteiger charge is -2.05. The maximum absolute atomic E-state index is 12.3. The van der Waals surface area contributed by atoms with Crippen LogP contribution in [0.2, 0.25) is 0 Å². The fraction of sp³-hybridized carbons (Fsp3) is 0.353. The monoisotopic (exact) mass is 300 g/mol. The maximum atomic E-state index is 12.3. The summed E-state index contributed by atoms with van der Waals surface area (Å²) in [5.41, 5.74) is 9.38. The second-order valence-corrected chi connectivity index (χ2v) is 6.66. The molecule has 1 aromatic carbocycles. The second-order valence-electron chi connectivity index (χ2n) is 5.60. The molecule has 110 valence electrons. The average molecular weight is 300 g/mol. The van der Waals surface area contributed by atoms with Crippen LogP contribution in [0, 0.1) is 6.92 Å². The molecule has 2 aromatic rings. The van der Waals surface area contributed by atoms with E-state index in [-0.39, 0.29) is 5.91 Å². The number of nitrogens with two attached hydrogens (primary N) is 1. The highest BCUT2D eigenvalue weighted by Gasteiger charge is 2.16. The van der Waals surface area contributed by atoms with Crippen LogP contribution in [0.15, 0.2) is 29.8 Å². The van der Waals surface area contributed by atoms with E-state index in [1.807, 2.05) is 25.1 Å². The SMILES string of the molecule is Cc1ccc2sc(C(=O)NCCC3=CCCC3)c(N)c2c1. The van der Waals surface area contributed by atoms with Crippen molar-refractivity contribution in [2.45, 2.75) is 32.6 Å². The highest BCUT2D eigenvalue weighted by Crippen LogP contribution is 2.34. The number of fused-ring (bicyclic) bond motifs is 1. The van der Waals surface area contributed by atoms with Crippen LogP contribution in [0.1, 0.15) is 40.9 Å². The smallest absolute Gasteiger partial charge is 0.263 e. The van der Waals surface area contributed by atoms with E-state index >= 15 is 0 Å². The molecule has 1 aromatic heterocycles. The minimum Gasteiger partial charge on any atom is -0.397 e. The number of carbonyl (C=O) groups is 1. The number of hydrogen-bond acceptors (Lipinski definition) is 3. The van der Waals surface area contributed by atoms with E-state index < -0.39 is 0 Å². The molecule has 1 aliphatic carbocycles. The molecule has 0 spiro atoms. The summed E-state index contributed by atoms with van der Waals surface area (Å²) in [4.78, 5) is 12.9. The Bertz CT molecular complexity index is 715. The molecule has 0 saturated carbocycles. The van der Waals surface area contributed by atoms with Crippen LogP contribution in [0.5, 0.6) is 0 Å². The summed E-state index contributed by atoms with van der Waals surface area (Å²) >= 11 is 1.47. The molecule has 0 fully saturated rings. The first-order valence-corrected chi connectivity index (χ1v) is 8.21. The van der Waals surface area contributed by atoms with Crippen molar-refractivity contribution in [2.24, 2.45) is 0 Å². The van der Waals surface area contributed by atoms with Crippen molar-refractivity contribution in [3.63, 3.8) is 0 Å². The summed E-state index contributed by atoms with van der Waals surface area (Å²) in [6, 6.07) is 6.12. The van der Waals surface area contributed by atoms with Crippen LogP contribution < -0.4 is 11.1 Å². The highest BCUT2D eigenvalue weighted by molar-refractivity contribution is 7.21. The fourth-order valence-electron chi connectivity index (χ4n) is 2.78. The second kappa shape index (κ2) is 5.90. The van der Waals surface area contributed by atoms with Crippen molar-refractivity contribution in [3.8, 4) is 0 Å². The van der Waals surface area contributed by atoms with Gasteiger partial charge in [0.25, 0.3) is 5.91 Å². The molecule has 1 aliphatic rings. The zero-order chi connectivity index (χ0) is 14.8. The topological polar surface area (TPSA) is 55.1 Å². The van der Waals surface area contributed by atoms with Gasteiger partial charge >= 0.3 is 0 Å². The van der Waals surface area contributed by atoms with Crippen LogP contribution in [-0.2, 0) is 0 Å². The Morgan fingerprint density at radius 3 is 3.05 bits per heavy atom. The fourth-order valence-corrected chi connectivity index (χ4v) is 3.80. The molecule has 3 rings (SSSR count). The molecular formula is C17H20N2OS. The van der Waals surface area contributed by atoms with E-state index in [1.165, 1.54) is 36.2 Å². The third-order valence-corrected chi connectivity index (χ3v) is 5.14. The minimum atomic E-state index is -0.0510. The Morgan fingerprint density at radius 1 is 1.43 bits per heavy atom. The number of aryl methyl sites for hydroxylation is 1. The quantitative estimate of drug-likeness (QED) is 0.838. The predicted octanol–water partition coefficient (Wildman–Crippen LogP) is 4.02. The van der Waals surface area contributed by atoms with Gasteiger partial charge in [0.1, 0.15) is 4.88 Å². The van der Waals surface area contributed by atoms with Crippen LogP contribution >= 0.6 is 11.3 Å². The predicted molar refractivity (Wildman–Crippen MR) is 89.9 cm³/mol. The Labute approximate surface area is 128 Å². The van der Waals surface area contributed by atoms with Gasteiger partial charge in [-0.1, -0.05) is 23.3 Å². The van der Waals surface area contributed by atoms with Crippen molar-refractivity contribution >= 4 is 33.0 Å². The number of benzene rings is 1. The number of nitrogens with one attached hydrogen (secondary N) is 1.